The highest BCUT2D eigenvalue weighted by atomic mass is 79.9. The van der Waals surface area contributed by atoms with Crippen LogP contribution in [0.2, 0.25) is 0 Å². The molecule has 3 unspecified atom stereocenters. The van der Waals surface area contributed by atoms with Crippen LogP contribution < -0.4 is 5.32 Å². The Morgan fingerprint density at radius 1 is 1.32 bits per heavy atom. The van der Waals surface area contributed by atoms with Gasteiger partial charge in [-0.25, -0.2) is 0 Å². The van der Waals surface area contributed by atoms with Crippen LogP contribution in [0, 0.1) is 11.3 Å². The van der Waals surface area contributed by atoms with Crippen LogP contribution in [-0.4, -0.2) is 18.8 Å². The molecule has 3 atom stereocenters. The minimum absolute atomic E-state index is 0.206. The van der Waals surface area contributed by atoms with E-state index in [1.54, 1.807) is 0 Å². The number of hydrogen-bond donors (Lipinski definition) is 1. The van der Waals surface area contributed by atoms with Crippen LogP contribution >= 0.6 is 31.9 Å². The van der Waals surface area contributed by atoms with Crippen LogP contribution in [0.25, 0.3) is 0 Å². The molecule has 1 saturated heterocycles. The minimum atomic E-state index is 0.206. The maximum Gasteiger partial charge on any atom is 0.0693 e. The summed E-state index contributed by atoms with van der Waals surface area (Å²) in [5.41, 5.74) is 1.38. The molecule has 19 heavy (non-hydrogen) atoms. The van der Waals surface area contributed by atoms with E-state index in [1.165, 1.54) is 18.5 Å². The lowest BCUT2D eigenvalue weighted by atomic mass is 9.55. The molecule has 2 nitrogen and oxygen atoms in total. The second-order valence-corrected chi connectivity index (χ2v) is 7.94. The van der Waals surface area contributed by atoms with Gasteiger partial charge in [0.2, 0.25) is 0 Å². The summed E-state index contributed by atoms with van der Waals surface area (Å²) in [6.45, 7) is 5.55. The summed E-state index contributed by atoms with van der Waals surface area (Å²) in [6, 6.07) is 6.79. The highest BCUT2D eigenvalue weighted by Crippen LogP contribution is 2.52. The van der Waals surface area contributed by atoms with Crippen molar-refractivity contribution in [2.24, 2.45) is 11.3 Å². The molecule has 1 aromatic carbocycles. The predicted molar refractivity (Wildman–Crippen MR) is 85.5 cm³/mol. The summed E-state index contributed by atoms with van der Waals surface area (Å²) in [5.74, 6) is 0.652. The second kappa shape index (κ2) is 5.05. The fourth-order valence-electron chi connectivity index (χ4n) is 3.59. The summed E-state index contributed by atoms with van der Waals surface area (Å²) in [6.07, 6.45) is 2.89. The van der Waals surface area contributed by atoms with Gasteiger partial charge in [-0.1, -0.05) is 29.8 Å². The minimum Gasteiger partial charge on any atom is -0.380 e. The smallest absolute Gasteiger partial charge is 0.0693 e. The lowest BCUT2D eigenvalue weighted by Crippen LogP contribution is -2.67. The molecule has 1 heterocycles. The monoisotopic (exact) mass is 387 g/mol. The lowest BCUT2D eigenvalue weighted by Gasteiger charge is -2.60. The third-order valence-corrected chi connectivity index (χ3v) is 5.72. The van der Waals surface area contributed by atoms with Crippen molar-refractivity contribution in [3.8, 4) is 0 Å². The molecular weight excluding hydrogens is 370 g/mol. The maximum atomic E-state index is 5.95. The van der Waals surface area contributed by atoms with Gasteiger partial charge in [-0.3, -0.25) is 0 Å². The van der Waals surface area contributed by atoms with E-state index in [9.17, 15) is 0 Å². The zero-order chi connectivity index (χ0) is 13.6. The fraction of sp³-hybridized carbons (Fsp3) is 0.600. The highest BCUT2D eigenvalue weighted by Gasteiger charge is 2.57. The van der Waals surface area contributed by atoms with Crippen molar-refractivity contribution in [3.63, 3.8) is 0 Å². The zero-order valence-corrected chi connectivity index (χ0v) is 14.4. The third-order valence-electron chi connectivity index (χ3n) is 4.57. The first kappa shape index (κ1) is 13.9. The Balaban J connectivity index is 1.79. The van der Waals surface area contributed by atoms with E-state index in [4.69, 9.17) is 4.74 Å². The molecule has 0 bridgehead atoms. The standard InChI is InChI=1S/C15H19Br2NO/c1-15(2)13(10-4-3-7-19-14(10)15)18-12-6-5-9(16)8-11(12)17/h5-6,8,10,13-14,18H,3-4,7H2,1-2H3. The predicted octanol–water partition coefficient (Wildman–Crippen LogP) is 4.83. The van der Waals surface area contributed by atoms with Crippen LogP contribution in [0.1, 0.15) is 26.7 Å². The van der Waals surface area contributed by atoms with Gasteiger partial charge in [-0.15, -0.1) is 0 Å². The Morgan fingerprint density at radius 2 is 2.11 bits per heavy atom. The molecule has 104 valence electrons. The molecule has 1 aromatic rings. The van der Waals surface area contributed by atoms with E-state index in [0.29, 0.717) is 18.1 Å². The first-order valence-corrected chi connectivity index (χ1v) is 8.42. The number of rotatable bonds is 2. The first-order valence-electron chi connectivity index (χ1n) is 6.83. The van der Waals surface area contributed by atoms with Gasteiger partial charge >= 0.3 is 0 Å². The summed E-state index contributed by atoms with van der Waals surface area (Å²) < 4.78 is 8.15. The summed E-state index contributed by atoms with van der Waals surface area (Å²) in [4.78, 5) is 0. The van der Waals surface area contributed by atoms with Crippen molar-refractivity contribution in [3.05, 3.63) is 27.1 Å². The van der Waals surface area contributed by atoms with Crippen LogP contribution in [0.3, 0.4) is 0 Å². The van der Waals surface area contributed by atoms with E-state index >= 15 is 0 Å². The topological polar surface area (TPSA) is 21.3 Å². The Bertz CT molecular complexity index is 489. The van der Waals surface area contributed by atoms with Gasteiger partial charge in [-0.2, -0.15) is 0 Å². The largest absolute Gasteiger partial charge is 0.380 e. The molecule has 4 heteroatoms. The zero-order valence-electron chi connectivity index (χ0n) is 11.2. The SMILES string of the molecule is CC1(C)C(Nc2ccc(Br)cc2Br)C2CCCOC21. The third kappa shape index (κ3) is 2.36. The van der Waals surface area contributed by atoms with E-state index in [1.807, 2.05) is 0 Å². The average Bonchev–Trinajstić information content (AvgIpc) is 2.37. The van der Waals surface area contributed by atoms with Gasteiger partial charge in [-0.05, 0) is 47.0 Å². The van der Waals surface area contributed by atoms with Crippen LogP contribution in [0.5, 0.6) is 0 Å². The lowest BCUT2D eigenvalue weighted by molar-refractivity contribution is -0.177. The number of halogens is 2. The normalized spacial score (nSPS) is 32.3. The average molecular weight is 389 g/mol. The van der Waals surface area contributed by atoms with Gasteiger partial charge in [0.05, 0.1) is 6.10 Å². The number of ether oxygens (including phenoxy) is 1. The van der Waals surface area contributed by atoms with Gasteiger partial charge < -0.3 is 10.1 Å². The molecule has 1 saturated carbocycles. The van der Waals surface area contributed by atoms with Crippen molar-refractivity contribution in [2.75, 3.05) is 11.9 Å². The van der Waals surface area contributed by atoms with E-state index < -0.39 is 0 Å². The number of anilines is 1. The molecule has 0 aromatic heterocycles. The number of benzene rings is 1. The van der Waals surface area contributed by atoms with Gasteiger partial charge in [0, 0.05) is 38.6 Å². The van der Waals surface area contributed by atoms with Crippen molar-refractivity contribution in [2.45, 2.75) is 38.8 Å². The number of fused-ring (bicyclic) bond motifs is 1. The first-order chi connectivity index (χ1) is 9.00. The molecule has 3 rings (SSSR count). The van der Waals surface area contributed by atoms with Crippen molar-refractivity contribution < 1.29 is 4.74 Å². The Kier molecular flexibility index (Phi) is 3.69. The molecule has 0 radical (unpaired) electrons. The molecule has 0 amide bonds. The van der Waals surface area contributed by atoms with Crippen molar-refractivity contribution in [1.29, 1.82) is 0 Å². The van der Waals surface area contributed by atoms with Gasteiger partial charge in [0.1, 0.15) is 0 Å². The van der Waals surface area contributed by atoms with Crippen LogP contribution in [-0.2, 0) is 4.74 Å². The Hall–Kier alpha value is -0.0600. The van der Waals surface area contributed by atoms with Gasteiger partial charge in [0.25, 0.3) is 0 Å². The fourth-order valence-corrected chi connectivity index (χ4v) is 4.75. The Morgan fingerprint density at radius 3 is 2.84 bits per heavy atom. The highest BCUT2D eigenvalue weighted by molar-refractivity contribution is 9.11. The molecular formula is C15H19Br2NO. The molecule has 1 aliphatic heterocycles. The van der Waals surface area contributed by atoms with Crippen molar-refractivity contribution in [1.82, 2.24) is 0 Å². The number of hydrogen-bond acceptors (Lipinski definition) is 2. The molecule has 2 aliphatic rings. The van der Waals surface area contributed by atoms with E-state index in [-0.39, 0.29) is 5.41 Å². The molecule has 1 N–H and O–H groups in total. The number of nitrogens with one attached hydrogen (secondary N) is 1. The molecule has 1 aliphatic carbocycles. The second-order valence-electron chi connectivity index (χ2n) is 6.17. The van der Waals surface area contributed by atoms with E-state index in [0.717, 1.165) is 15.6 Å². The van der Waals surface area contributed by atoms with Gasteiger partial charge in [0.15, 0.2) is 0 Å². The van der Waals surface area contributed by atoms with Crippen molar-refractivity contribution >= 4 is 37.5 Å². The molecule has 2 fully saturated rings. The maximum absolute atomic E-state index is 5.95. The van der Waals surface area contributed by atoms with Crippen LogP contribution in [0.15, 0.2) is 27.1 Å². The summed E-state index contributed by atoms with van der Waals surface area (Å²) >= 11 is 7.12. The summed E-state index contributed by atoms with van der Waals surface area (Å²) in [5, 5.41) is 3.72. The van der Waals surface area contributed by atoms with Crippen LogP contribution in [0.4, 0.5) is 5.69 Å². The van der Waals surface area contributed by atoms with E-state index in [2.05, 4.69) is 69.2 Å². The quantitative estimate of drug-likeness (QED) is 0.783. The Labute approximate surface area is 131 Å². The summed E-state index contributed by atoms with van der Waals surface area (Å²) in [7, 11) is 0. The molecule has 0 spiro atoms.